The van der Waals surface area contributed by atoms with Gasteiger partial charge < -0.3 is 10.1 Å². The zero-order chi connectivity index (χ0) is 12.0. The standard InChI is InChI=1S/C13H17NO2/c1-10-5-6-12(9-11(10)2)13(16)14-7-3-4-8-15/h5-6,8-9H,3-4,7H2,1-2H3,(H,14,16). The molecule has 0 spiro atoms. The largest absolute Gasteiger partial charge is 0.352 e. The van der Waals surface area contributed by atoms with E-state index in [1.165, 1.54) is 5.56 Å². The van der Waals surface area contributed by atoms with E-state index in [2.05, 4.69) is 5.32 Å². The molecule has 0 saturated heterocycles. The van der Waals surface area contributed by atoms with Gasteiger partial charge in [-0.1, -0.05) is 6.07 Å². The molecule has 1 amide bonds. The maximum Gasteiger partial charge on any atom is 0.251 e. The summed E-state index contributed by atoms with van der Waals surface area (Å²) >= 11 is 0. The molecule has 0 radical (unpaired) electrons. The molecule has 0 aromatic heterocycles. The minimum absolute atomic E-state index is 0.0750. The van der Waals surface area contributed by atoms with Gasteiger partial charge in [-0.2, -0.15) is 0 Å². The molecule has 16 heavy (non-hydrogen) atoms. The zero-order valence-electron chi connectivity index (χ0n) is 9.75. The number of carbonyl (C=O) groups excluding carboxylic acids is 2. The van der Waals surface area contributed by atoms with Crippen molar-refractivity contribution >= 4 is 12.2 Å². The summed E-state index contributed by atoms with van der Waals surface area (Å²) in [6, 6.07) is 5.64. The lowest BCUT2D eigenvalue weighted by Crippen LogP contribution is -2.24. The number of rotatable bonds is 5. The van der Waals surface area contributed by atoms with Gasteiger partial charge in [0, 0.05) is 18.5 Å². The highest BCUT2D eigenvalue weighted by Gasteiger charge is 2.05. The first-order chi connectivity index (χ1) is 7.65. The number of aryl methyl sites for hydroxylation is 2. The lowest BCUT2D eigenvalue weighted by molar-refractivity contribution is -0.107. The molecule has 0 bridgehead atoms. The van der Waals surface area contributed by atoms with Gasteiger partial charge in [0.1, 0.15) is 6.29 Å². The predicted octanol–water partition coefficient (Wildman–Crippen LogP) is 2.01. The Hall–Kier alpha value is -1.64. The molecule has 0 saturated carbocycles. The Labute approximate surface area is 95.9 Å². The molecule has 3 nitrogen and oxygen atoms in total. The van der Waals surface area contributed by atoms with E-state index in [-0.39, 0.29) is 5.91 Å². The minimum Gasteiger partial charge on any atom is -0.352 e. The highest BCUT2D eigenvalue weighted by atomic mass is 16.1. The molecule has 3 heteroatoms. The molecule has 1 rings (SSSR count). The van der Waals surface area contributed by atoms with Gasteiger partial charge in [-0.25, -0.2) is 0 Å². The summed E-state index contributed by atoms with van der Waals surface area (Å²) in [5.74, 6) is -0.0750. The van der Waals surface area contributed by atoms with Crippen molar-refractivity contribution in [3.05, 3.63) is 34.9 Å². The van der Waals surface area contributed by atoms with Crippen LogP contribution in [-0.4, -0.2) is 18.7 Å². The van der Waals surface area contributed by atoms with Crippen LogP contribution in [0.15, 0.2) is 18.2 Å². The van der Waals surface area contributed by atoms with Crippen LogP contribution in [0.1, 0.15) is 34.3 Å². The quantitative estimate of drug-likeness (QED) is 0.608. The van der Waals surface area contributed by atoms with E-state index in [0.29, 0.717) is 24.9 Å². The number of unbranched alkanes of at least 4 members (excludes halogenated alkanes) is 1. The third-order valence-corrected chi connectivity index (χ3v) is 2.55. The van der Waals surface area contributed by atoms with Crippen molar-refractivity contribution in [2.45, 2.75) is 26.7 Å². The van der Waals surface area contributed by atoms with E-state index >= 15 is 0 Å². The van der Waals surface area contributed by atoms with Crippen molar-refractivity contribution in [3.63, 3.8) is 0 Å². The van der Waals surface area contributed by atoms with Crippen LogP contribution in [0.25, 0.3) is 0 Å². The Balaban J connectivity index is 2.52. The summed E-state index contributed by atoms with van der Waals surface area (Å²) in [7, 11) is 0. The highest BCUT2D eigenvalue weighted by molar-refractivity contribution is 5.94. The van der Waals surface area contributed by atoms with Gasteiger partial charge >= 0.3 is 0 Å². The molecule has 0 fully saturated rings. The van der Waals surface area contributed by atoms with Gasteiger partial charge in [-0.3, -0.25) is 4.79 Å². The molecular formula is C13H17NO2. The summed E-state index contributed by atoms with van der Waals surface area (Å²) in [5, 5.41) is 2.78. The summed E-state index contributed by atoms with van der Waals surface area (Å²) in [4.78, 5) is 21.8. The van der Waals surface area contributed by atoms with Gasteiger partial charge in [0.2, 0.25) is 0 Å². The first-order valence-corrected chi connectivity index (χ1v) is 5.44. The van der Waals surface area contributed by atoms with E-state index in [1.807, 2.05) is 32.0 Å². The summed E-state index contributed by atoms with van der Waals surface area (Å²) in [6.07, 6.45) is 2.05. The maximum atomic E-state index is 11.7. The number of hydrogen-bond acceptors (Lipinski definition) is 2. The molecule has 1 aromatic rings. The monoisotopic (exact) mass is 219 g/mol. The van der Waals surface area contributed by atoms with Crippen LogP contribution < -0.4 is 5.32 Å². The van der Waals surface area contributed by atoms with Crippen LogP contribution >= 0.6 is 0 Å². The van der Waals surface area contributed by atoms with Crippen molar-refractivity contribution in [1.29, 1.82) is 0 Å². The summed E-state index contributed by atoms with van der Waals surface area (Å²) in [6.45, 7) is 4.55. The average Bonchev–Trinajstić information content (AvgIpc) is 2.28. The smallest absolute Gasteiger partial charge is 0.251 e. The fraction of sp³-hybridized carbons (Fsp3) is 0.385. The van der Waals surface area contributed by atoms with Crippen LogP contribution in [0.2, 0.25) is 0 Å². The Morgan fingerprint density at radius 2 is 2.06 bits per heavy atom. The molecule has 0 aliphatic heterocycles. The van der Waals surface area contributed by atoms with Gasteiger partial charge in [-0.05, 0) is 43.5 Å². The minimum atomic E-state index is -0.0750. The SMILES string of the molecule is Cc1ccc(C(=O)NCCCC=O)cc1C. The number of carbonyl (C=O) groups is 2. The molecule has 86 valence electrons. The Morgan fingerprint density at radius 3 is 2.69 bits per heavy atom. The van der Waals surface area contributed by atoms with Crippen LogP contribution in [0.5, 0.6) is 0 Å². The lowest BCUT2D eigenvalue weighted by Gasteiger charge is -2.06. The normalized spacial score (nSPS) is 9.88. The fourth-order valence-electron chi connectivity index (χ4n) is 1.37. The van der Waals surface area contributed by atoms with Crippen molar-refractivity contribution < 1.29 is 9.59 Å². The summed E-state index contributed by atoms with van der Waals surface area (Å²) < 4.78 is 0. The molecular weight excluding hydrogens is 202 g/mol. The van der Waals surface area contributed by atoms with Gasteiger partial charge in [0.25, 0.3) is 5.91 Å². The highest BCUT2D eigenvalue weighted by Crippen LogP contribution is 2.09. The van der Waals surface area contributed by atoms with E-state index in [1.54, 1.807) is 0 Å². The molecule has 1 N–H and O–H groups in total. The number of amides is 1. The molecule has 1 aromatic carbocycles. The molecule has 0 aliphatic carbocycles. The Morgan fingerprint density at radius 1 is 1.31 bits per heavy atom. The van der Waals surface area contributed by atoms with E-state index < -0.39 is 0 Å². The van der Waals surface area contributed by atoms with Gasteiger partial charge in [-0.15, -0.1) is 0 Å². The van der Waals surface area contributed by atoms with Gasteiger partial charge in [0.05, 0.1) is 0 Å². The molecule has 0 atom stereocenters. The molecule has 0 heterocycles. The average molecular weight is 219 g/mol. The lowest BCUT2D eigenvalue weighted by atomic mass is 10.1. The van der Waals surface area contributed by atoms with E-state index in [0.717, 1.165) is 11.8 Å². The van der Waals surface area contributed by atoms with Crippen molar-refractivity contribution in [1.82, 2.24) is 5.32 Å². The number of benzene rings is 1. The predicted molar refractivity (Wildman–Crippen MR) is 63.5 cm³/mol. The Kier molecular flexibility index (Phi) is 4.70. The topological polar surface area (TPSA) is 46.2 Å². The van der Waals surface area contributed by atoms with Crippen LogP contribution in [0.3, 0.4) is 0 Å². The third-order valence-electron chi connectivity index (χ3n) is 2.55. The number of nitrogens with one attached hydrogen (secondary N) is 1. The second kappa shape index (κ2) is 6.05. The van der Waals surface area contributed by atoms with Gasteiger partial charge in [0.15, 0.2) is 0 Å². The van der Waals surface area contributed by atoms with E-state index in [4.69, 9.17) is 0 Å². The van der Waals surface area contributed by atoms with Crippen LogP contribution in [0, 0.1) is 13.8 Å². The van der Waals surface area contributed by atoms with E-state index in [9.17, 15) is 9.59 Å². The molecule has 0 aliphatic rings. The van der Waals surface area contributed by atoms with Crippen molar-refractivity contribution in [2.75, 3.05) is 6.54 Å². The number of aldehydes is 1. The first-order valence-electron chi connectivity index (χ1n) is 5.44. The van der Waals surface area contributed by atoms with Crippen molar-refractivity contribution in [3.8, 4) is 0 Å². The molecule has 0 unspecified atom stereocenters. The van der Waals surface area contributed by atoms with Crippen LogP contribution in [-0.2, 0) is 4.79 Å². The van der Waals surface area contributed by atoms with Crippen molar-refractivity contribution in [2.24, 2.45) is 0 Å². The zero-order valence-corrected chi connectivity index (χ0v) is 9.75. The summed E-state index contributed by atoms with van der Waals surface area (Å²) in [5.41, 5.74) is 2.97. The Bertz CT molecular complexity index is 386. The second-order valence-electron chi connectivity index (χ2n) is 3.86. The van der Waals surface area contributed by atoms with Crippen LogP contribution in [0.4, 0.5) is 0 Å². The third kappa shape index (κ3) is 3.50. The fourth-order valence-corrected chi connectivity index (χ4v) is 1.37. The first kappa shape index (κ1) is 12.4. The maximum absolute atomic E-state index is 11.7. The second-order valence-corrected chi connectivity index (χ2v) is 3.86. The number of hydrogen-bond donors (Lipinski definition) is 1.